The fourth-order valence-corrected chi connectivity index (χ4v) is 4.83. The largest absolute Gasteiger partial charge is 0.465 e. The zero-order valence-electron chi connectivity index (χ0n) is 18.0. The van der Waals surface area contributed by atoms with E-state index in [9.17, 15) is 27.6 Å². The van der Waals surface area contributed by atoms with Crippen LogP contribution in [0.3, 0.4) is 0 Å². The molecule has 0 aliphatic carbocycles. The van der Waals surface area contributed by atoms with E-state index < -0.39 is 29.9 Å². The number of esters is 1. The van der Waals surface area contributed by atoms with Crippen molar-refractivity contribution in [3.63, 3.8) is 0 Å². The number of nitrogens with zero attached hydrogens (tertiary/aromatic N) is 2. The molecule has 0 spiro atoms. The summed E-state index contributed by atoms with van der Waals surface area (Å²) in [5.74, 6) is -2.92. The summed E-state index contributed by atoms with van der Waals surface area (Å²) in [6.45, 7) is 1.26. The highest BCUT2D eigenvalue weighted by atomic mass is 32.1. The van der Waals surface area contributed by atoms with Crippen molar-refractivity contribution >= 4 is 40.6 Å². The van der Waals surface area contributed by atoms with Gasteiger partial charge in [0.15, 0.2) is 18.9 Å². The number of thiophene rings is 1. The minimum Gasteiger partial charge on any atom is -0.465 e. The molecule has 2 aromatic rings. The Balaban J connectivity index is 1.75. The van der Waals surface area contributed by atoms with Gasteiger partial charge in [-0.2, -0.15) is 13.2 Å². The van der Waals surface area contributed by atoms with Gasteiger partial charge in [0.2, 0.25) is 0 Å². The predicted octanol–water partition coefficient (Wildman–Crippen LogP) is 3.20. The third-order valence-corrected chi connectivity index (χ3v) is 6.72. The number of alkyl halides is 3. The highest BCUT2D eigenvalue weighted by Crippen LogP contribution is 2.36. The van der Waals surface area contributed by atoms with Crippen LogP contribution in [0.5, 0.6) is 0 Å². The monoisotopic (exact) mass is 489 g/mol. The molecule has 3 heterocycles. The number of aromatic nitrogens is 1. The van der Waals surface area contributed by atoms with E-state index in [1.54, 1.807) is 12.3 Å². The van der Waals surface area contributed by atoms with E-state index in [0.29, 0.717) is 11.3 Å². The summed E-state index contributed by atoms with van der Waals surface area (Å²) in [4.78, 5) is 37.7. The summed E-state index contributed by atoms with van der Waals surface area (Å²) in [7, 11) is 1.22. The van der Waals surface area contributed by atoms with Gasteiger partial charge in [0, 0.05) is 18.9 Å². The van der Waals surface area contributed by atoms with Crippen LogP contribution in [-0.2, 0) is 14.3 Å². The average Bonchev–Trinajstić information content (AvgIpc) is 3.37. The van der Waals surface area contributed by atoms with E-state index in [4.69, 9.17) is 4.74 Å². The average molecular weight is 489 g/mol. The minimum atomic E-state index is -4.33. The summed E-state index contributed by atoms with van der Waals surface area (Å²) in [5, 5.41) is 10.5. The molecule has 0 atom stereocenters. The van der Waals surface area contributed by atoms with Crippen LogP contribution >= 0.6 is 11.3 Å². The number of ether oxygens (including phenoxy) is 1. The maximum absolute atomic E-state index is 13.2. The Hall–Kier alpha value is -2.93. The SMILES string of the molecule is COC(=O)c1scc(C)c1NC(=O)C[N+]1(CC(=O)Nc2ccon2)CCC(C(F)(F)F)CC1. The van der Waals surface area contributed by atoms with E-state index >= 15 is 0 Å². The number of piperidine rings is 1. The molecule has 13 heteroatoms. The highest BCUT2D eigenvalue weighted by molar-refractivity contribution is 7.12. The summed E-state index contributed by atoms with van der Waals surface area (Å²) in [6.07, 6.45) is -3.45. The van der Waals surface area contributed by atoms with E-state index in [-0.39, 0.29) is 54.2 Å². The molecular weight excluding hydrogens is 465 g/mol. The first-order chi connectivity index (χ1) is 15.5. The lowest BCUT2D eigenvalue weighted by atomic mass is 9.94. The van der Waals surface area contributed by atoms with Crippen molar-refractivity contribution in [2.24, 2.45) is 5.92 Å². The van der Waals surface area contributed by atoms with Crippen LogP contribution in [0.2, 0.25) is 0 Å². The molecule has 33 heavy (non-hydrogen) atoms. The fraction of sp³-hybridized carbons (Fsp3) is 0.500. The number of halogens is 3. The first-order valence-electron chi connectivity index (χ1n) is 10.1. The van der Waals surface area contributed by atoms with Gasteiger partial charge in [-0.05, 0) is 17.9 Å². The molecule has 1 fully saturated rings. The minimum absolute atomic E-state index is 0.00366. The second-order valence-corrected chi connectivity index (χ2v) is 8.90. The Morgan fingerprint density at radius 2 is 1.85 bits per heavy atom. The van der Waals surface area contributed by atoms with Crippen molar-refractivity contribution in [2.75, 3.05) is 43.9 Å². The normalized spacial score (nSPS) is 20.8. The van der Waals surface area contributed by atoms with E-state index in [0.717, 1.165) is 11.3 Å². The van der Waals surface area contributed by atoms with Crippen molar-refractivity contribution in [2.45, 2.75) is 25.9 Å². The molecule has 2 aromatic heterocycles. The topological polar surface area (TPSA) is 111 Å². The van der Waals surface area contributed by atoms with Crippen LogP contribution in [0.1, 0.15) is 28.1 Å². The number of likely N-dealkylation sites (tertiary alicyclic amines) is 1. The Kier molecular flexibility index (Phi) is 7.42. The predicted molar refractivity (Wildman–Crippen MR) is 113 cm³/mol. The summed E-state index contributed by atoms with van der Waals surface area (Å²) >= 11 is 1.11. The zero-order chi connectivity index (χ0) is 24.2. The van der Waals surface area contributed by atoms with Gasteiger partial charge in [0.25, 0.3) is 11.8 Å². The smallest absolute Gasteiger partial charge is 0.392 e. The van der Waals surface area contributed by atoms with E-state index in [1.807, 2.05) is 0 Å². The van der Waals surface area contributed by atoms with Gasteiger partial charge < -0.3 is 24.4 Å². The first-order valence-corrected chi connectivity index (χ1v) is 11.0. The van der Waals surface area contributed by atoms with Gasteiger partial charge in [-0.25, -0.2) is 4.79 Å². The molecule has 1 saturated heterocycles. The Bertz CT molecular complexity index is 998. The molecule has 180 valence electrons. The number of carbonyl (C=O) groups is 3. The quantitative estimate of drug-likeness (QED) is 0.457. The first kappa shape index (κ1) is 24.7. The fourth-order valence-electron chi connectivity index (χ4n) is 3.91. The van der Waals surface area contributed by atoms with Crippen molar-refractivity contribution in [1.29, 1.82) is 0 Å². The number of amides is 2. The van der Waals surface area contributed by atoms with Gasteiger partial charge >= 0.3 is 12.1 Å². The van der Waals surface area contributed by atoms with Gasteiger partial charge in [-0.1, -0.05) is 5.16 Å². The molecule has 0 bridgehead atoms. The van der Waals surface area contributed by atoms with Crippen molar-refractivity contribution in [1.82, 2.24) is 5.16 Å². The van der Waals surface area contributed by atoms with Crippen LogP contribution in [-0.4, -0.2) is 66.9 Å². The second-order valence-electron chi connectivity index (χ2n) is 8.02. The molecule has 9 nitrogen and oxygen atoms in total. The lowest BCUT2D eigenvalue weighted by Gasteiger charge is -2.42. The number of methoxy groups -OCH3 is 1. The number of hydrogen-bond donors (Lipinski definition) is 2. The summed E-state index contributed by atoms with van der Waals surface area (Å²) < 4.78 is 48.8. The van der Waals surface area contributed by atoms with Gasteiger partial charge in [0.05, 0.1) is 31.8 Å². The standard InChI is InChI=1S/C20H23F3N4O5S/c1-12-11-33-18(19(30)31-2)17(12)25-16(29)10-27(6-3-13(4-7-27)20(21,22)23)9-15(28)24-14-5-8-32-26-14/h5,8,11,13H,3-4,6-7,9-10H2,1-2H3,(H-,24,25,26,28,29,30)/p+1. The lowest BCUT2D eigenvalue weighted by molar-refractivity contribution is -0.919. The van der Waals surface area contributed by atoms with Gasteiger partial charge in [-0.3, -0.25) is 9.59 Å². The van der Waals surface area contributed by atoms with E-state index in [2.05, 4.69) is 20.3 Å². The maximum atomic E-state index is 13.2. The van der Waals surface area contributed by atoms with Gasteiger partial charge in [0.1, 0.15) is 11.1 Å². The molecule has 2 amide bonds. The number of carbonyl (C=O) groups excluding carboxylic acids is 3. The second kappa shape index (κ2) is 9.91. The maximum Gasteiger partial charge on any atom is 0.392 e. The van der Waals surface area contributed by atoms with Crippen molar-refractivity contribution in [3.05, 3.63) is 28.2 Å². The molecule has 1 aliphatic heterocycles. The van der Waals surface area contributed by atoms with Gasteiger partial charge in [-0.15, -0.1) is 11.3 Å². The third-order valence-electron chi connectivity index (χ3n) is 5.64. The van der Waals surface area contributed by atoms with Crippen LogP contribution in [0.25, 0.3) is 0 Å². The molecular formula is C20H24F3N4O5S+. The molecule has 3 rings (SSSR count). The van der Waals surface area contributed by atoms with Crippen LogP contribution in [0, 0.1) is 12.8 Å². The number of quaternary nitrogens is 1. The Morgan fingerprint density at radius 3 is 2.39 bits per heavy atom. The third kappa shape index (κ3) is 6.11. The van der Waals surface area contributed by atoms with Crippen molar-refractivity contribution in [3.8, 4) is 0 Å². The highest BCUT2D eigenvalue weighted by Gasteiger charge is 2.47. The number of aryl methyl sites for hydroxylation is 1. The number of anilines is 2. The van der Waals surface area contributed by atoms with Crippen LogP contribution in [0.4, 0.5) is 24.7 Å². The summed E-state index contributed by atoms with van der Waals surface area (Å²) in [5.41, 5.74) is 0.951. The number of hydrogen-bond acceptors (Lipinski definition) is 7. The van der Waals surface area contributed by atoms with Crippen LogP contribution < -0.4 is 10.6 Å². The molecule has 1 aliphatic rings. The molecule has 0 saturated carbocycles. The lowest BCUT2D eigenvalue weighted by Crippen LogP contribution is -2.60. The number of nitrogens with one attached hydrogen (secondary N) is 2. The molecule has 2 N–H and O–H groups in total. The molecule has 0 radical (unpaired) electrons. The zero-order valence-corrected chi connectivity index (χ0v) is 18.8. The molecule has 0 unspecified atom stereocenters. The summed E-state index contributed by atoms with van der Waals surface area (Å²) in [6, 6.07) is 1.43. The Morgan fingerprint density at radius 1 is 1.21 bits per heavy atom. The van der Waals surface area contributed by atoms with Crippen LogP contribution in [0.15, 0.2) is 22.2 Å². The number of rotatable bonds is 7. The van der Waals surface area contributed by atoms with E-state index in [1.165, 1.54) is 19.4 Å². The van der Waals surface area contributed by atoms with Crippen molar-refractivity contribution < 1.29 is 41.3 Å². The Labute approximate surface area is 191 Å². The molecule has 0 aromatic carbocycles.